The molecule has 3 rings (SSSR count). The summed E-state index contributed by atoms with van der Waals surface area (Å²) in [6, 6.07) is 9.42. The van der Waals surface area contributed by atoms with Gasteiger partial charge in [0, 0.05) is 31.1 Å². The Labute approximate surface area is 122 Å². The molecule has 2 aliphatic rings. The lowest BCUT2D eigenvalue weighted by Crippen LogP contribution is -2.42. The maximum absolute atomic E-state index is 4.59. The van der Waals surface area contributed by atoms with Gasteiger partial charge < -0.3 is 10.3 Å². The molecule has 0 amide bonds. The molecule has 2 heterocycles. The molecule has 0 aromatic heterocycles. The highest BCUT2D eigenvalue weighted by Gasteiger charge is 2.36. The van der Waals surface area contributed by atoms with E-state index in [1.807, 2.05) is 0 Å². The molecule has 0 radical (unpaired) electrons. The molecular weight excluding hydrogens is 246 g/mol. The van der Waals surface area contributed by atoms with Gasteiger partial charge >= 0.3 is 0 Å². The van der Waals surface area contributed by atoms with Crippen molar-refractivity contribution in [2.75, 3.05) is 19.6 Å². The quantitative estimate of drug-likeness (QED) is 0.911. The third kappa shape index (κ3) is 2.59. The smallest absolute Gasteiger partial charge is 0.0782 e. The Morgan fingerprint density at radius 2 is 2.05 bits per heavy atom. The second-order valence-electron chi connectivity index (χ2n) is 5.96. The third-order valence-electron chi connectivity index (χ3n) is 4.60. The molecule has 2 unspecified atom stereocenters. The van der Waals surface area contributed by atoms with Crippen LogP contribution in [-0.4, -0.2) is 30.2 Å². The van der Waals surface area contributed by atoms with Gasteiger partial charge in [-0.05, 0) is 30.5 Å². The maximum atomic E-state index is 4.59. The molecule has 0 saturated carbocycles. The van der Waals surface area contributed by atoms with Crippen molar-refractivity contribution in [3.8, 4) is 0 Å². The summed E-state index contributed by atoms with van der Waals surface area (Å²) in [6.45, 7) is 8.00. The van der Waals surface area contributed by atoms with E-state index in [4.69, 9.17) is 0 Å². The monoisotopic (exact) mass is 271 g/mol. The van der Waals surface area contributed by atoms with E-state index in [0.717, 1.165) is 19.4 Å². The maximum Gasteiger partial charge on any atom is 0.0782 e. The third-order valence-corrected chi connectivity index (χ3v) is 4.60. The topological polar surface area (TPSA) is 27.6 Å². The lowest BCUT2D eigenvalue weighted by molar-refractivity contribution is 0.228. The lowest BCUT2D eigenvalue weighted by Gasteiger charge is -2.33. The van der Waals surface area contributed by atoms with Gasteiger partial charge in [-0.15, -0.1) is 0 Å². The van der Waals surface area contributed by atoms with Gasteiger partial charge in [-0.2, -0.15) is 5.10 Å². The van der Waals surface area contributed by atoms with Gasteiger partial charge in [0.2, 0.25) is 0 Å². The second-order valence-corrected chi connectivity index (χ2v) is 5.96. The van der Waals surface area contributed by atoms with Crippen molar-refractivity contribution in [1.29, 1.82) is 0 Å². The van der Waals surface area contributed by atoms with Gasteiger partial charge in [0.05, 0.1) is 6.04 Å². The van der Waals surface area contributed by atoms with Crippen LogP contribution in [0.4, 0.5) is 0 Å². The van der Waals surface area contributed by atoms with E-state index in [2.05, 4.69) is 53.5 Å². The predicted octanol–water partition coefficient (Wildman–Crippen LogP) is 2.98. The minimum atomic E-state index is 0.371. The number of likely N-dealkylation sites (tertiary alicyclic amines) is 1. The highest BCUT2D eigenvalue weighted by Crippen LogP contribution is 2.32. The van der Waals surface area contributed by atoms with E-state index in [0.29, 0.717) is 12.0 Å². The van der Waals surface area contributed by atoms with Crippen molar-refractivity contribution in [2.45, 2.75) is 39.2 Å². The Morgan fingerprint density at radius 1 is 1.25 bits per heavy atom. The van der Waals surface area contributed by atoms with Crippen LogP contribution in [0.3, 0.4) is 0 Å². The van der Waals surface area contributed by atoms with Crippen molar-refractivity contribution >= 4 is 5.71 Å². The van der Waals surface area contributed by atoms with Crippen LogP contribution >= 0.6 is 0 Å². The van der Waals surface area contributed by atoms with E-state index >= 15 is 0 Å². The highest BCUT2D eigenvalue weighted by atomic mass is 15.4. The number of piperidine rings is 1. The predicted molar refractivity (Wildman–Crippen MR) is 84.0 cm³/mol. The zero-order valence-corrected chi connectivity index (χ0v) is 12.6. The average molecular weight is 271 g/mol. The molecule has 1 fully saturated rings. The molecule has 108 valence electrons. The SMILES string of the molecule is CCCN1CCC2=NNC(c3ccc(CC)cc3)C2C1. The van der Waals surface area contributed by atoms with Crippen LogP contribution in [0, 0.1) is 5.92 Å². The molecule has 3 nitrogen and oxygen atoms in total. The molecule has 1 saturated heterocycles. The van der Waals surface area contributed by atoms with Gasteiger partial charge in [-0.25, -0.2) is 0 Å². The van der Waals surface area contributed by atoms with Crippen LogP contribution in [0.15, 0.2) is 29.4 Å². The van der Waals surface area contributed by atoms with Gasteiger partial charge in [-0.1, -0.05) is 38.1 Å². The van der Waals surface area contributed by atoms with Crippen molar-refractivity contribution < 1.29 is 0 Å². The number of nitrogens with one attached hydrogen (secondary N) is 1. The minimum Gasteiger partial charge on any atom is -0.302 e. The van der Waals surface area contributed by atoms with Gasteiger partial charge in [-0.3, -0.25) is 0 Å². The number of benzene rings is 1. The number of hydrogen-bond acceptors (Lipinski definition) is 3. The van der Waals surface area contributed by atoms with Crippen molar-refractivity contribution in [3.63, 3.8) is 0 Å². The number of hydrazone groups is 1. The van der Waals surface area contributed by atoms with Crippen LogP contribution < -0.4 is 5.43 Å². The first kappa shape index (κ1) is 13.6. The fourth-order valence-electron chi connectivity index (χ4n) is 3.40. The molecule has 2 atom stereocenters. The molecule has 3 heteroatoms. The van der Waals surface area contributed by atoms with Crippen LogP contribution in [0.1, 0.15) is 43.9 Å². The molecule has 1 aromatic rings. The Morgan fingerprint density at radius 3 is 2.75 bits per heavy atom. The van der Waals surface area contributed by atoms with E-state index < -0.39 is 0 Å². The summed E-state index contributed by atoms with van der Waals surface area (Å²) < 4.78 is 0. The number of hydrogen-bond donors (Lipinski definition) is 1. The minimum absolute atomic E-state index is 0.371. The van der Waals surface area contributed by atoms with Crippen LogP contribution in [0.5, 0.6) is 0 Å². The standard InChI is InChI=1S/C17H25N3/c1-3-10-20-11-9-16-15(12-20)17(19-18-16)14-7-5-13(4-2)6-8-14/h5-8,15,17,19H,3-4,9-12H2,1-2H3. The molecule has 0 spiro atoms. The molecule has 1 N–H and O–H groups in total. The zero-order valence-electron chi connectivity index (χ0n) is 12.6. The Kier molecular flexibility index (Phi) is 4.06. The summed E-state index contributed by atoms with van der Waals surface area (Å²) in [7, 11) is 0. The molecule has 0 bridgehead atoms. The molecule has 2 aliphatic heterocycles. The van der Waals surface area contributed by atoms with E-state index in [1.54, 1.807) is 0 Å². The van der Waals surface area contributed by atoms with E-state index in [9.17, 15) is 0 Å². The molecule has 1 aromatic carbocycles. The second kappa shape index (κ2) is 5.96. The fourth-order valence-corrected chi connectivity index (χ4v) is 3.40. The number of aryl methyl sites for hydroxylation is 1. The largest absolute Gasteiger partial charge is 0.302 e. The first-order valence-corrected chi connectivity index (χ1v) is 7.95. The summed E-state index contributed by atoms with van der Waals surface area (Å²) in [5.74, 6) is 0.558. The summed E-state index contributed by atoms with van der Waals surface area (Å²) >= 11 is 0. The van der Waals surface area contributed by atoms with Gasteiger partial charge in [0.25, 0.3) is 0 Å². The van der Waals surface area contributed by atoms with Crippen molar-refractivity contribution in [3.05, 3.63) is 35.4 Å². The fraction of sp³-hybridized carbons (Fsp3) is 0.588. The summed E-state index contributed by atoms with van der Waals surface area (Å²) in [4.78, 5) is 2.59. The van der Waals surface area contributed by atoms with Crippen molar-refractivity contribution in [1.82, 2.24) is 10.3 Å². The Balaban J connectivity index is 1.74. The normalized spacial score (nSPS) is 26.0. The Hall–Kier alpha value is -1.35. The zero-order chi connectivity index (χ0) is 13.9. The highest BCUT2D eigenvalue weighted by molar-refractivity contribution is 5.89. The summed E-state index contributed by atoms with van der Waals surface area (Å²) in [5, 5.41) is 4.59. The average Bonchev–Trinajstić information content (AvgIpc) is 2.91. The van der Waals surface area contributed by atoms with Crippen molar-refractivity contribution in [2.24, 2.45) is 11.0 Å². The van der Waals surface area contributed by atoms with Crippen LogP contribution in [-0.2, 0) is 6.42 Å². The van der Waals surface area contributed by atoms with E-state index in [-0.39, 0.29) is 0 Å². The first-order chi connectivity index (χ1) is 9.81. The van der Waals surface area contributed by atoms with Crippen LogP contribution in [0.25, 0.3) is 0 Å². The van der Waals surface area contributed by atoms with Gasteiger partial charge in [0.1, 0.15) is 0 Å². The van der Waals surface area contributed by atoms with Gasteiger partial charge in [0.15, 0.2) is 0 Å². The van der Waals surface area contributed by atoms with Crippen LogP contribution in [0.2, 0.25) is 0 Å². The van der Waals surface area contributed by atoms with E-state index in [1.165, 1.54) is 36.3 Å². The lowest BCUT2D eigenvalue weighted by atomic mass is 9.86. The summed E-state index contributed by atoms with van der Waals surface area (Å²) in [5.41, 5.74) is 7.54. The Bertz CT molecular complexity index is 478. The number of fused-ring (bicyclic) bond motifs is 1. The number of rotatable bonds is 4. The summed E-state index contributed by atoms with van der Waals surface area (Å²) in [6.07, 6.45) is 3.47. The molecular formula is C17H25N3. The molecule has 0 aliphatic carbocycles. The first-order valence-electron chi connectivity index (χ1n) is 7.95. The number of nitrogens with zero attached hydrogens (tertiary/aromatic N) is 2. The molecule has 20 heavy (non-hydrogen) atoms.